The highest BCUT2D eigenvalue weighted by Gasteiger charge is 2.32. The summed E-state index contributed by atoms with van der Waals surface area (Å²) in [6.07, 6.45) is 16.7. The molecule has 0 aromatic rings. The minimum atomic E-state index is -0.566. The quantitative estimate of drug-likeness (QED) is 0.266. The maximum atomic E-state index is 12.6. The Hall–Kier alpha value is -1.26. The maximum Gasteiger partial charge on any atom is 0.407 e. The highest BCUT2D eigenvalue weighted by atomic mass is 16.6. The fourth-order valence-corrected chi connectivity index (χ4v) is 3.88. The molecule has 0 spiro atoms. The fourth-order valence-electron chi connectivity index (χ4n) is 3.88. The average Bonchev–Trinajstić information content (AvgIpc) is 2.72. The van der Waals surface area contributed by atoms with Crippen molar-refractivity contribution in [3.05, 3.63) is 0 Å². The Kier molecular flexibility index (Phi) is 14.8. The summed E-state index contributed by atoms with van der Waals surface area (Å²) in [5.41, 5.74) is 0. The molecule has 28 heavy (non-hydrogen) atoms. The van der Waals surface area contributed by atoms with Crippen LogP contribution in [0.2, 0.25) is 0 Å². The summed E-state index contributed by atoms with van der Waals surface area (Å²) < 4.78 is 10.6. The average molecular weight is 398 g/mol. The van der Waals surface area contributed by atoms with Gasteiger partial charge in [-0.3, -0.25) is 0 Å². The third-order valence-electron chi connectivity index (χ3n) is 5.58. The third-order valence-corrected chi connectivity index (χ3v) is 5.58. The number of ether oxygens (including phenoxy) is 2. The van der Waals surface area contributed by atoms with Crippen LogP contribution in [0.3, 0.4) is 0 Å². The SMILES string of the molecule is CCCCCCCCCCCOC(=O)C(NC(=O)OCCC)C1CCCCC1. The lowest BCUT2D eigenvalue weighted by Gasteiger charge is -2.29. The Morgan fingerprint density at radius 2 is 1.39 bits per heavy atom. The van der Waals surface area contributed by atoms with Crippen molar-refractivity contribution in [2.45, 2.75) is 116 Å². The van der Waals surface area contributed by atoms with Crippen LogP contribution in [-0.2, 0) is 14.3 Å². The van der Waals surface area contributed by atoms with E-state index in [1.807, 2.05) is 6.92 Å². The number of hydrogen-bond donors (Lipinski definition) is 1. The van der Waals surface area contributed by atoms with Crippen molar-refractivity contribution in [3.8, 4) is 0 Å². The van der Waals surface area contributed by atoms with Gasteiger partial charge < -0.3 is 14.8 Å². The van der Waals surface area contributed by atoms with Gasteiger partial charge in [-0.1, -0.05) is 84.5 Å². The Morgan fingerprint density at radius 3 is 2.00 bits per heavy atom. The summed E-state index contributed by atoms with van der Waals surface area (Å²) in [5, 5.41) is 2.77. The zero-order chi connectivity index (χ0) is 20.5. The predicted octanol–water partition coefficient (Wildman–Crippen LogP) is 6.15. The normalized spacial score (nSPS) is 15.8. The van der Waals surface area contributed by atoms with E-state index in [0.29, 0.717) is 13.2 Å². The van der Waals surface area contributed by atoms with Crippen molar-refractivity contribution in [3.63, 3.8) is 0 Å². The molecule has 1 aliphatic rings. The van der Waals surface area contributed by atoms with E-state index < -0.39 is 12.1 Å². The van der Waals surface area contributed by atoms with E-state index >= 15 is 0 Å². The lowest BCUT2D eigenvalue weighted by molar-refractivity contribution is -0.148. The number of rotatable bonds is 15. The molecule has 1 atom stereocenters. The maximum absolute atomic E-state index is 12.6. The van der Waals surface area contributed by atoms with Gasteiger partial charge in [-0.2, -0.15) is 0 Å². The van der Waals surface area contributed by atoms with E-state index in [9.17, 15) is 9.59 Å². The summed E-state index contributed by atoms with van der Waals surface area (Å²) >= 11 is 0. The number of carbonyl (C=O) groups is 2. The molecular weight excluding hydrogens is 354 g/mol. The highest BCUT2D eigenvalue weighted by Crippen LogP contribution is 2.27. The molecule has 1 fully saturated rings. The van der Waals surface area contributed by atoms with Crippen molar-refractivity contribution >= 4 is 12.1 Å². The van der Waals surface area contributed by atoms with E-state index in [-0.39, 0.29) is 11.9 Å². The largest absolute Gasteiger partial charge is 0.464 e. The van der Waals surface area contributed by atoms with Gasteiger partial charge in [0.1, 0.15) is 6.04 Å². The van der Waals surface area contributed by atoms with Crippen LogP contribution in [0.5, 0.6) is 0 Å². The Labute approximate surface area is 172 Å². The topological polar surface area (TPSA) is 64.6 Å². The first kappa shape index (κ1) is 24.8. The number of amides is 1. The molecule has 0 radical (unpaired) electrons. The number of carbonyl (C=O) groups excluding carboxylic acids is 2. The molecule has 1 amide bonds. The number of unbranched alkanes of at least 4 members (excludes halogenated alkanes) is 8. The van der Waals surface area contributed by atoms with Gasteiger partial charge >= 0.3 is 12.1 Å². The molecule has 0 bridgehead atoms. The summed E-state index contributed by atoms with van der Waals surface area (Å²) in [4.78, 5) is 24.6. The molecule has 1 rings (SSSR count). The lowest BCUT2D eigenvalue weighted by atomic mass is 9.84. The van der Waals surface area contributed by atoms with Crippen LogP contribution in [0.4, 0.5) is 4.79 Å². The molecule has 1 aliphatic carbocycles. The van der Waals surface area contributed by atoms with Crippen LogP contribution in [0.15, 0.2) is 0 Å². The van der Waals surface area contributed by atoms with Crippen LogP contribution >= 0.6 is 0 Å². The van der Waals surface area contributed by atoms with Gasteiger partial charge in [0.2, 0.25) is 0 Å². The molecule has 0 aromatic carbocycles. The van der Waals surface area contributed by atoms with Crippen molar-refractivity contribution in [1.29, 1.82) is 0 Å². The molecule has 1 saturated carbocycles. The van der Waals surface area contributed by atoms with E-state index in [1.165, 1.54) is 51.4 Å². The molecule has 0 heterocycles. The standard InChI is InChI=1S/C23H43NO4/c1-3-5-6-7-8-9-10-11-15-19-27-22(25)21(20-16-13-12-14-17-20)24-23(26)28-18-4-2/h20-21H,3-19H2,1-2H3,(H,24,26). The molecule has 0 aliphatic heterocycles. The zero-order valence-electron chi connectivity index (χ0n) is 18.3. The van der Waals surface area contributed by atoms with Crippen LogP contribution < -0.4 is 5.32 Å². The Bertz CT molecular complexity index is 407. The monoisotopic (exact) mass is 397 g/mol. The van der Waals surface area contributed by atoms with Gasteiger partial charge in [0, 0.05) is 0 Å². The van der Waals surface area contributed by atoms with E-state index in [1.54, 1.807) is 0 Å². The van der Waals surface area contributed by atoms with Gasteiger partial charge in [0.15, 0.2) is 0 Å². The number of hydrogen-bond acceptors (Lipinski definition) is 4. The van der Waals surface area contributed by atoms with Crippen LogP contribution in [-0.4, -0.2) is 31.3 Å². The van der Waals surface area contributed by atoms with Gasteiger partial charge in [0.05, 0.1) is 13.2 Å². The van der Waals surface area contributed by atoms with E-state index in [2.05, 4.69) is 12.2 Å². The third kappa shape index (κ3) is 11.6. The Balaban J connectivity index is 2.25. The lowest BCUT2D eigenvalue weighted by Crippen LogP contribution is -2.47. The van der Waals surface area contributed by atoms with Gasteiger partial charge in [0.25, 0.3) is 0 Å². The first-order valence-electron chi connectivity index (χ1n) is 11.8. The number of nitrogens with one attached hydrogen (secondary N) is 1. The van der Waals surface area contributed by atoms with Crippen molar-refractivity contribution in [2.24, 2.45) is 5.92 Å². The first-order chi connectivity index (χ1) is 13.7. The zero-order valence-corrected chi connectivity index (χ0v) is 18.3. The first-order valence-corrected chi connectivity index (χ1v) is 11.8. The van der Waals surface area contributed by atoms with E-state index in [4.69, 9.17) is 9.47 Å². The molecule has 0 saturated heterocycles. The summed E-state index contributed by atoms with van der Waals surface area (Å²) in [6, 6.07) is -0.566. The highest BCUT2D eigenvalue weighted by molar-refractivity contribution is 5.81. The smallest absolute Gasteiger partial charge is 0.407 e. The predicted molar refractivity (Wildman–Crippen MR) is 113 cm³/mol. The molecule has 0 aromatic heterocycles. The van der Waals surface area contributed by atoms with Gasteiger partial charge in [-0.15, -0.1) is 0 Å². The minimum Gasteiger partial charge on any atom is -0.464 e. The van der Waals surface area contributed by atoms with Crippen LogP contribution in [0.1, 0.15) is 110 Å². The van der Waals surface area contributed by atoms with Crippen LogP contribution in [0, 0.1) is 5.92 Å². The minimum absolute atomic E-state index is 0.165. The van der Waals surface area contributed by atoms with Crippen LogP contribution in [0.25, 0.3) is 0 Å². The molecule has 5 heteroatoms. The second-order valence-corrected chi connectivity index (χ2v) is 8.15. The van der Waals surface area contributed by atoms with Crippen molar-refractivity contribution in [2.75, 3.05) is 13.2 Å². The van der Waals surface area contributed by atoms with Gasteiger partial charge in [-0.25, -0.2) is 9.59 Å². The molecule has 1 N–H and O–H groups in total. The molecule has 164 valence electrons. The number of esters is 1. The summed E-state index contributed by atoms with van der Waals surface area (Å²) in [7, 11) is 0. The second kappa shape index (κ2) is 16.7. The second-order valence-electron chi connectivity index (χ2n) is 8.15. The number of alkyl carbamates (subject to hydrolysis) is 1. The Morgan fingerprint density at radius 1 is 0.786 bits per heavy atom. The van der Waals surface area contributed by atoms with Crippen molar-refractivity contribution < 1.29 is 19.1 Å². The molecular formula is C23H43NO4. The van der Waals surface area contributed by atoms with E-state index in [0.717, 1.165) is 44.9 Å². The molecule has 1 unspecified atom stereocenters. The van der Waals surface area contributed by atoms with Crippen molar-refractivity contribution in [1.82, 2.24) is 5.32 Å². The van der Waals surface area contributed by atoms with Gasteiger partial charge in [-0.05, 0) is 31.6 Å². The fraction of sp³-hybridized carbons (Fsp3) is 0.913. The summed E-state index contributed by atoms with van der Waals surface area (Å²) in [6.45, 7) is 5.01. The molecule has 5 nitrogen and oxygen atoms in total. The summed E-state index contributed by atoms with van der Waals surface area (Å²) in [5.74, 6) is -0.126.